The van der Waals surface area contributed by atoms with Gasteiger partial charge >= 0.3 is 0 Å². The molecule has 0 bridgehead atoms. The monoisotopic (exact) mass is 321 g/mol. The summed E-state index contributed by atoms with van der Waals surface area (Å²) in [4.78, 5) is 14.2. The van der Waals surface area contributed by atoms with Crippen molar-refractivity contribution in [2.24, 2.45) is 11.7 Å². The number of ether oxygens (including phenoxy) is 2. The minimum atomic E-state index is -0.202. The van der Waals surface area contributed by atoms with Gasteiger partial charge in [0.2, 0.25) is 5.91 Å². The number of amides is 1. The van der Waals surface area contributed by atoms with Crippen LogP contribution in [0.25, 0.3) is 0 Å². The minimum absolute atomic E-state index is 0.00197. The van der Waals surface area contributed by atoms with Gasteiger partial charge in [0.05, 0.1) is 19.6 Å². The van der Waals surface area contributed by atoms with Crippen LogP contribution < -0.4 is 20.7 Å². The van der Waals surface area contributed by atoms with Crippen molar-refractivity contribution in [3.63, 3.8) is 0 Å². The van der Waals surface area contributed by atoms with Gasteiger partial charge in [0.25, 0.3) is 0 Å². The van der Waals surface area contributed by atoms with Crippen molar-refractivity contribution in [3.05, 3.63) is 24.3 Å². The van der Waals surface area contributed by atoms with Gasteiger partial charge in [0.1, 0.15) is 5.75 Å². The molecule has 1 aliphatic heterocycles. The Balaban J connectivity index is 1.78. The zero-order chi connectivity index (χ0) is 16.7. The third-order valence-corrected chi connectivity index (χ3v) is 4.30. The van der Waals surface area contributed by atoms with Crippen LogP contribution in [0.15, 0.2) is 24.3 Å². The second-order valence-electron chi connectivity index (χ2n) is 5.90. The second kappa shape index (κ2) is 8.74. The first-order valence-electron chi connectivity index (χ1n) is 8.04. The van der Waals surface area contributed by atoms with E-state index in [1.54, 1.807) is 14.2 Å². The molecule has 128 valence electrons. The average Bonchev–Trinajstić information content (AvgIpc) is 3.07. The molecule has 1 fully saturated rings. The molecule has 2 atom stereocenters. The lowest BCUT2D eigenvalue weighted by molar-refractivity contribution is -0.123. The summed E-state index contributed by atoms with van der Waals surface area (Å²) in [6.07, 6.45) is 1.19. The third-order valence-electron chi connectivity index (χ3n) is 4.30. The molecule has 0 radical (unpaired) electrons. The molecular formula is C17H27N3O3. The summed E-state index contributed by atoms with van der Waals surface area (Å²) in [5.41, 5.74) is 6.70. The standard InChI is InChI=1S/C17H27N3O3/c1-22-15-5-3-4-14(8-15)20-7-6-13(12-20)11-19-17(21)9-16(10-18)23-2/h3-5,8,13,16H,6-7,9-12,18H2,1-2H3,(H,19,21). The smallest absolute Gasteiger partial charge is 0.222 e. The number of hydrogen-bond acceptors (Lipinski definition) is 5. The van der Waals surface area contributed by atoms with E-state index in [4.69, 9.17) is 15.2 Å². The number of anilines is 1. The first-order valence-corrected chi connectivity index (χ1v) is 8.04. The number of benzene rings is 1. The summed E-state index contributed by atoms with van der Waals surface area (Å²) in [6.45, 7) is 2.99. The van der Waals surface area contributed by atoms with E-state index in [0.717, 1.165) is 25.3 Å². The van der Waals surface area contributed by atoms with Crippen LogP contribution in [0.5, 0.6) is 5.75 Å². The molecule has 6 heteroatoms. The minimum Gasteiger partial charge on any atom is -0.497 e. The van der Waals surface area contributed by atoms with Gasteiger partial charge in [0.15, 0.2) is 0 Å². The largest absolute Gasteiger partial charge is 0.497 e. The summed E-state index contributed by atoms with van der Waals surface area (Å²) in [5, 5.41) is 2.99. The third kappa shape index (κ3) is 5.11. The Morgan fingerprint density at radius 2 is 2.30 bits per heavy atom. The molecular weight excluding hydrogens is 294 g/mol. The number of nitrogens with two attached hydrogens (primary N) is 1. The van der Waals surface area contributed by atoms with Crippen LogP contribution >= 0.6 is 0 Å². The van der Waals surface area contributed by atoms with Gasteiger partial charge in [-0.1, -0.05) is 6.07 Å². The Kier molecular flexibility index (Phi) is 6.67. The maximum Gasteiger partial charge on any atom is 0.222 e. The number of carbonyl (C=O) groups excluding carboxylic acids is 1. The Morgan fingerprint density at radius 3 is 3.00 bits per heavy atom. The van der Waals surface area contributed by atoms with E-state index in [1.165, 1.54) is 5.69 Å². The SMILES string of the molecule is COc1cccc(N2CCC(CNC(=O)CC(CN)OC)C2)c1. The fourth-order valence-electron chi connectivity index (χ4n) is 2.84. The maximum absolute atomic E-state index is 11.9. The Bertz CT molecular complexity index is 506. The fourth-order valence-corrected chi connectivity index (χ4v) is 2.84. The van der Waals surface area contributed by atoms with Gasteiger partial charge in [-0.05, 0) is 24.5 Å². The molecule has 1 amide bonds. The molecule has 1 aromatic carbocycles. The van der Waals surface area contributed by atoms with Crippen LogP contribution in [-0.4, -0.2) is 52.4 Å². The Morgan fingerprint density at radius 1 is 1.48 bits per heavy atom. The molecule has 1 aliphatic rings. The highest BCUT2D eigenvalue weighted by atomic mass is 16.5. The van der Waals surface area contributed by atoms with Crippen molar-refractivity contribution in [1.29, 1.82) is 0 Å². The molecule has 23 heavy (non-hydrogen) atoms. The molecule has 2 rings (SSSR count). The van der Waals surface area contributed by atoms with Crippen molar-refractivity contribution < 1.29 is 14.3 Å². The Hall–Kier alpha value is -1.79. The number of carbonyl (C=O) groups is 1. The predicted molar refractivity (Wildman–Crippen MR) is 90.8 cm³/mol. The molecule has 0 saturated carbocycles. The average molecular weight is 321 g/mol. The molecule has 1 aromatic rings. The summed E-state index contributed by atoms with van der Waals surface area (Å²) in [5.74, 6) is 1.33. The zero-order valence-electron chi connectivity index (χ0n) is 14.0. The van der Waals surface area contributed by atoms with E-state index in [-0.39, 0.29) is 12.0 Å². The molecule has 3 N–H and O–H groups in total. The fraction of sp³-hybridized carbons (Fsp3) is 0.588. The summed E-state index contributed by atoms with van der Waals surface area (Å²) < 4.78 is 10.4. The van der Waals surface area contributed by atoms with Crippen molar-refractivity contribution in [2.45, 2.75) is 18.9 Å². The first-order chi connectivity index (χ1) is 11.2. The highest BCUT2D eigenvalue weighted by Gasteiger charge is 2.23. The van der Waals surface area contributed by atoms with E-state index in [9.17, 15) is 4.79 Å². The molecule has 1 saturated heterocycles. The van der Waals surface area contributed by atoms with Gasteiger partial charge in [-0.3, -0.25) is 4.79 Å². The van der Waals surface area contributed by atoms with Crippen LogP contribution in [0, 0.1) is 5.92 Å². The number of rotatable bonds is 8. The molecule has 1 heterocycles. The molecule has 2 unspecified atom stereocenters. The Labute approximate surface area is 137 Å². The summed E-state index contributed by atoms with van der Waals surface area (Å²) >= 11 is 0. The number of nitrogens with zero attached hydrogens (tertiary/aromatic N) is 1. The molecule has 0 aromatic heterocycles. The van der Waals surface area contributed by atoms with E-state index in [2.05, 4.69) is 16.3 Å². The number of hydrogen-bond donors (Lipinski definition) is 2. The van der Waals surface area contributed by atoms with Gasteiger partial charge in [-0.2, -0.15) is 0 Å². The zero-order valence-corrected chi connectivity index (χ0v) is 14.0. The lowest BCUT2D eigenvalue weighted by Crippen LogP contribution is -2.35. The van der Waals surface area contributed by atoms with E-state index in [1.807, 2.05) is 18.2 Å². The van der Waals surface area contributed by atoms with E-state index < -0.39 is 0 Å². The van der Waals surface area contributed by atoms with Crippen LogP contribution in [0.1, 0.15) is 12.8 Å². The molecule has 0 spiro atoms. The molecule has 6 nitrogen and oxygen atoms in total. The lowest BCUT2D eigenvalue weighted by atomic mass is 10.1. The van der Waals surface area contributed by atoms with Crippen LogP contribution in [-0.2, 0) is 9.53 Å². The van der Waals surface area contributed by atoms with Gasteiger partial charge < -0.3 is 25.4 Å². The van der Waals surface area contributed by atoms with E-state index in [0.29, 0.717) is 25.4 Å². The topological polar surface area (TPSA) is 76.8 Å². The quantitative estimate of drug-likeness (QED) is 0.747. The van der Waals surface area contributed by atoms with Crippen molar-refractivity contribution in [1.82, 2.24) is 5.32 Å². The van der Waals surface area contributed by atoms with Crippen molar-refractivity contribution in [3.8, 4) is 5.75 Å². The first kappa shape index (κ1) is 17.6. The highest BCUT2D eigenvalue weighted by molar-refractivity contribution is 5.76. The van der Waals surface area contributed by atoms with Crippen LogP contribution in [0.2, 0.25) is 0 Å². The van der Waals surface area contributed by atoms with Gasteiger partial charge in [-0.25, -0.2) is 0 Å². The van der Waals surface area contributed by atoms with Gasteiger partial charge in [-0.15, -0.1) is 0 Å². The summed E-state index contributed by atoms with van der Waals surface area (Å²) in [6, 6.07) is 8.08. The summed E-state index contributed by atoms with van der Waals surface area (Å²) in [7, 11) is 3.25. The maximum atomic E-state index is 11.9. The van der Waals surface area contributed by atoms with Crippen molar-refractivity contribution >= 4 is 11.6 Å². The predicted octanol–water partition coefficient (Wildman–Crippen LogP) is 1.00. The van der Waals surface area contributed by atoms with Crippen molar-refractivity contribution in [2.75, 3.05) is 45.3 Å². The number of methoxy groups -OCH3 is 2. The van der Waals surface area contributed by atoms with Crippen LogP contribution in [0.3, 0.4) is 0 Å². The number of nitrogens with one attached hydrogen (secondary N) is 1. The molecule has 0 aliphatic carbocycles. The highest BCUT2D eigenvalue weighted by Crippen LogP contribution is 2.26. The van der Waals surface area contributed by atoms with E-state index >= 15 is 0 Å². The lowest BCUT2D eigenvalue weighted by Gasteiger charge is -2.19. The second-order valence-corrected chi connectivity index (χ2v) is 5.90. The van der Waals surface area contributed by atoms with Gasteiger partial charge in [0, 0.05) is 45.0 Å². The normalized spacial score (nSPS) is 18.7. The van der Waals surface area contributed by atoms with Crippen LogP contribution in [0.4, 0.5) is 5.69 Å².